The number of hydrogen-bond donors (Lipinski definition) is 1. The van der Waals surface area contributed by atoms with Gasteiger partial charge in [-0.25, -0.2) is 14.2 Å². The highest BCUT2D eigenvalue weighted by atomic mass is 32.1. The van der Waals surface area contributed by atoms with Crippen molar-refractivity contribution in [1.29, 1.82) is 0 Å². The Morgan fingerprint density at radius 3 is 3.00 bits per heavy atom. The molecule has 1 N–H and O–H groups in total. The number of carboxylic acids is 1. The second-order valence-electron chi connectivity index (χ2n) is 4.65. The van der Waals surface area contributed by atoms with Crippen LogP contribution in [0.1, 0.15) is 28.0 Å². The van der Waals surface area contributed by atoms with E-state index in [1.54, 1.807) is 24.5 Å². The second-order valence-corrected chi connectivity index (χ2v) is 5.70. The highest BCUT2D eigenvalue weighted by Crippen LogP contribution is 2.34. The lowest BCUT2D eigenvalue weighted by atomic mass is 10.1. The van der Waals surface area contributed by atoms with Crippen LogP contribution in [-0.4, -0.2) is 20.6 Å². The molecular formula is C15H13FN2O2S. The third-order valence-electron chi connectivity index (χ3n) is 3.40. The molecule has 0 aliphatic carbocycles. The van der Waals surface area contributed by atoms with Gasteiger partial charge >= 0.3 is 5.97 Å². The molecule has 0 amide bonds. The molecule has 2 heterocycles. The third kappa shape index (κ3) is 2.31. The smallest absolute Gasteiger partial charge is 0.346 e. The van der Waals surface area contributed by atoms with Crippen molar-refractivity contribution in [2.24, 2.45) is 0 Å². The van der Waals surface area contributed by atoms with Crippen molar-refractivity contribution in [2.45, 2.75) is 19.9 Å². The zero-order chi connectivity index (χ0) is 15.0. The fourth-order valence-electron chi connectivity index (χ4n) is 2.46. The van der Waals surface area contributed by atoms with E-state index in [9.17, 15) is 14.3 Å². The zero-order valence-electron chi connectivity index (χ0n) is 11.3. The van der Waals surface area contributed by atoms with Crippen LogP contribution in [0.2, 0.25) is 0 Å². The maximum atomic E-state index is 14.1. The Labute approximate surface area is 124 Å². The van der Waals surface area contributed by atoms with Gasteiger partial charge in [-0.2, -0.15) is 0 Å². The van der Waals surface area contributed by atoms with Gasteiger partial charge in [0.2, 0.25) is 0 Å². The molecule has 4 nitrogen and oxygen atoms in total. The first-order valence-corrected chi connectivity index (χ1v) is 7.36. The number of aromatic carboxylic acids is 1. The Morgan fingerprint density at radius 1 is 1.48 bits per heavy atom. The number of hydrogen-bond acceptors (Lipinski definition) is 3. The number of imidazole rings is 1. The lowest BCUT2D eigenvalue weighted by Gasteiger charge is -2.07. The van der Waals surface area contributed by atoms with E-state index in [0.29, 0.717) is 22.2 Å². The van der Waals surface area contributed by atoms with Crippen LogP contribution in [0, 0.1) is 5.82 Å². The SMILES string of the molecule is CCc1nccn1Cc1c(C(=O)O)sc2cccc(F)c12. The molecule has 0 aliphatic rings. The monoisotopic (exact) mass is 304 g/mol. The van der Waals surface area contributed by atoms with E-state index in [0.717, 1.165) is 23.6 Å². The number of carbonyl (C=O) groups is 1. The van der Waals surface area contributed by atoms with Crippen LogP contribution in [0.4, 0.5) is 4.39 Å². The van der Waals surface area contributed by atoms with E-state index >= 15 is 0 Å². The Morgan fingerprint density at radius 2 is 2.29 bits per heavy atom. The third-order valence-corrected chi connectivity index (χ3v) is 4.59. The average molecular weight is 304 g/mol. The molecule has 0 aliphatic heterocycles. The lowest BCUT2D eigenvalue weighted by molar-refractivity contribution is 0.0701. The molecule has 0 saturated heterocycles. The van der Waals surface area contributed by atoms with Crippen molar-refractivity contribution in [2.75, 3.05) is 0 Å². The normalized spacial score (nSPS) is 11.1. The van der Waals surface area contributed by atoms with Crippen LogP contribution in [0.25, 0.3) is 10.1 Å². The van der Waals surface area contributed by atoms with Gasteiger partial charge in [-0.3, -0.25) is 0 Å². The van der Waals surface area contributed by atoms with E-state index in [2.05, 4.69) is 4.98 Å². The van der Waals surface area contributed by atoms with E-state index < -0.39 is 5.97 Å². The van der Waals surface area contributed by atoms with E-state index in [1.807, 2.05) is 11.5 Å². The highest BCUT2D eigenvalue weighted by molar-refractivity contribution is 7.21. The number of halogens is 1. The molecule has 3 rings (SSSR count). The quantitative estimate of drug-likeness (QED) is 0.802. The van der Waals surface area contributed by atoms with Crippen molar-refractivity contribution in [1.82, 2.24) is 9.55 Å². The minimum Gasteiger partial charge on any atom is -0.477 e. The van der Waals surface area contributed by atoms with Crippen molar-refractivity contribution in [3.8, 4) is 0 Å². The van der Waals surface area contributed by atoms with Crippen molar-refractivity contribution in [3.05, 3.63) is 52.7 Å². The fourth-order valence-corrected chi connectivity index (χ4v) is 3.53. The predicted molar refractivity (Wildman–Crippen MR) is 79.4 cm³/mol. The summed E-state index contributed by atoms with van der Waals surface area (Å²) in [6.07, 6.45) is 4.19. The van der Waals surface area contributed by atoms with Crippen LogP contribution in [-0.2, 0) is 13.0 Å². The summed E-state index contributed by atoms with van der Waals surface area (Å²) < 4.78 is 16.6. The Kier molecular flexibility index (Phi) is 3.47. The van der Waals surface area contributed by atoms with E-state index in [-0.39, 0.29) is 10.7 Å². The number of rotatable bonds is 4. The van der Waals surface area contributed by atoms with Gasteiger partial charge in [-0.05, 0) is 12.1 Å². The molecule has 3 aromatic rings. The van der Waals surface area contributed by atoms with E-state index in [4.69, 9.17) is 0 Å². The molecule has 108 valence electrons. The Hall–Kier alpha value is -2.21. The fraction of sp³-hybridized carbons (Fsp3) is 0.200. The first-order valence-electron chi connectivity index (χ1n) is 6.55. The van der Waals surface area contributed by atoms with Crippen LogP contribution >= 0.6 is 11.3 Å². The first-order chi connectivity index (χ1) is 10.1. The molecule has 0 spiro atoms. The number of fused-ring (bicyclic) bond motifs is 1. The summed E-state index contributed by atoms with van der Waals surface area (Å²) in [5.41, 5.74) is 0.508. The predicted octanol–water partition coefficient (Wildman–Crippen LogP) is 3.55. The zero-order valence-corrected chi connectivity index (χ0v) is 12.2. The lowest BCUT2D eigenvalue weighted by Crippen LogP contribution is -2.07. The summed E-state index contributed by atoms with van der Waals surface area (Å²) in [6, 6.07) is 4.70. The average Bonchev–Trinajstić information content (AvgIpc) is 3.04. The van der Waals surface area contributed by atoms with Gasteiger partial charge in [0.1, 0.15) is 16.5 Å². The van der Waals surface area contributed by atoms with Crippen LogP contribution in [0.15, 0.2) is 30.6 Å². The summed E-state index contributed by atoms with van der Waals surface area (Å²) in [5, 5.41) is 9.77. The van der Waals surface area contributed by atoms with Gasteiger partial charge in [0.05, 0.1) is 6.54 Å². The van der Waals surface area contributed by atoms with Gasteiger partial charge in [-0.1, -0.05) is 13.0 Å². The van der Waals surface area contributed by atoms with Gasteiger partial charge in [0, 0.05) is 34.5 Å². The summed E-state index contributed by atoms with van der Waals surface area (Å²) in [4.78, 5) is 15.9. The number of carboxylic acid groups (broad SMARTS) is 1. The van der Waals surface area contributed by atoms with Gasteiger partial charge in [0.25, 0.3) is 0 Å². The maximum Gasteiger partial charge on any atom is 0.346 e. The molecule has 6 heteroatoms. The Bertz CT molecular complexity index is 822. The number of thiophene rings is 1. The van der Waals surface area contributed by atoms with Crippen LogP contribution < -0.4 is 0 Å². The molecule has 0 atom stereocenters. The highest BCUT2D eigenvalue weighted by Gasteiger charge is 2.20. The van der Waals surface area contributed by atoms with Crippen LogP contribution in [0.3, 0.4) is 0 Å². The number of aromatic nitrogens is 2. The number of aryl methyl sites for hydroxylation is 1. The van der Waals surface area contributed by atoms with E-state index in [1.165, 1.54) is 6.07 Å². The molecule has 1 aromatic carbocycles. The molecule has 0 unspecified atom stereocenters. The summed E-state index contributed by atoms with van der Waals surface area (Å²) >= 11 is 1.11. The minimum atomic E-state index is -1.02. The summed E-state index contributed by atoms with van der Waals surface area (Å²) in [5.74, 6) is -0.560. The molecule has 2 aromatic heterocycles. The largest absolute Gasteiger partial charge is 0.477 e. The Balaban J connectivity index is 2.20. The summed E-state index contributed by atoms with van der Waals surface area (Å²) in [6.45, 7) is 2.29. The minimum absolute atomic E-state index is 0.186. The number of benzene rings is 1. The molecule has 0 bridgehead atoms. The molecular weight excluding hydrogens is 291 g/mol. The van der Waals surface area contributed by atoms with Gasteiger partial charge in [0.15, 0.2) is 0 Å². The topological polar surface area (TPSA) is 55.1 Å². The van der Waals surface area contributed by atoms with Crippen molar-refractivity contribution >= 4 is 27.4 Å². The standard InChI is InChI=1S/C15H13FN2O2S/c1-2-12-17-6-7-18(12)8-9-13-10(16)4-3-5-11(13)21-14(9)15(19)20/h3-7H,2,8H2,1H3,(H,19,20). The van der Waals surface area contributed by atoms with Crippen molar-refractivity contribution < 1.29 is 14.3 Å². The first kappa shape index (κ1) is 13.8. The molecule has 0 fully saturated rings. The molecule has 0 radical (unpaired) electrons. The van der Waals surface area contributed by atoms with Gasteiger partial charge in [-0.15, -0.1) is 11.3 Å². The molecule has 21 heavy (non-hydrogen) atoms. The maximum absolute atomic E-state index is 14.1. The van der Waals surface area contributed by atoms with Crippen LogP contribution in [0.5, 0.6) is 0 Å². The second kappa shape index (κ2) is 5.29. The van der Waals surface area contributed by atoms with Crippen molar-refractivity contribution in [3.63, 3.8) is 0 Å². The number of nitrogens with zero attached hydrogens (tertiary/aromatic N) is 2. The summed E-state index contributed by atoms with van der Waals surface area (Å²) in [7, 11) is 0. The molecule has 0 saturated carbocycles. The van der Waals surface area contributed by atoms with Gasteiger partial charge < -0.3 is 9.67 Å².